The lowest BCUT2D eigenvalue weighted by Crippen LogP contribution is -2.22. The van der Waals surface area contributed by atoms with Crippen LogP contribution >= 0.6 is 0 Å². The molecule has 0 aliphatic heterocycles. The summed E-state index contributed by atoms with van der Waals surface area (Å²) in [6.45, 7) is 0.640. The number of hydrogen-bond donors (Lipinski definition) is 2. The van der Waals surface area contributed by atoms with Crippen molar-refractivity contribution >= 4 is 20.9 Å². The fraction of sp³-hybridized carbons (Fsp3) is 0.308. The van der Waals surface area contributed by atoms with Crippen LogP contribution in [0.2, 0.25) is 0 Å². The summed E-state index contributed by atoms with van der Waals surface area (Å²) >= 11 is 0. The number of hydrogen-bond acceptors (Lipinski definition) is 5. The SMILES string of the molecule is COCc1cc2[nH]cc(S(N)(=O)=O)c(=O)c2cc1COC. The van der Waals surface area contributed by atoms with Crippen LogP contribution in [0.4, 0.5) is 0 Å². The molecular weight excluding hydrogens is 296 g/mol. The summed E-state index contributed by atoms with van der Waals surface area (Å²) < 4.78 is 33.0. The summed E-state index contributed by atoms with van der Waals surface area (Å²) in [6, 6.07) is 3.34. The third-order valence-corrected chi connectivity index (χ3v) is 3.99. The van der Waals surface area contributed by atoms with Crippen molar-refractivity contribution in [1.29, 1.82) is 0 Å². The minimum atomic E-state index is -4.07. The van der Waals surface area contributed by atoms with Gasteiger partial charge in [-0.15, -0.1) is 0 Å². The number of fused-ring (bicyclic) bond motifs is 1. The highest BCUT2D eigenvalue weighted by Gasteiger charge is 2.16. The van der Waals surface area contributed by atoms with Crippen molar-refractivity contribution in [2.75, 3.05) is 14.2 Å². The predicted molar refractivity (Wildman–Crippen MR) is 77.4 cm³/mol. The van der Waals surface area contributed by atoms with E-state index in [9.17, 15) is 13.2 Å². The van der Waals surface area contributed by atoms with Crippen molar-refractivity contribution in [2.45, 2.75) is 18.1 Å². The molecule has 1 heterocycles. The molecular formula is C13H16N2O5S. The zero-order chi connectivity index (χ0) is 15.6. The summed E-state index contributed by atoms with van der Waals surface area (Å²) in [5, 5.41) is 5.27. The maximum Gasteiger partial charge on any atom is 0.243 e. The number of H-pyrrole nitrogens is 1. The number of rotatable bonds is 5. The average Bonchev–Trinajstić information content (AvgIpc) is 2.39. The molecule has 1 aromatic heterocycles. The predicted octanol–water partition coefficient (Wildman–Crippen LogP) is 0.468. The molecule has 0 saturated carbocycles. The summed E-state index contributed by atoms with van der Waals surface area (Å²) in [4.78, 5) is 14.6. The average molecular weight is 312 g/mol. The summed E-state index contributed by atoms with van der Waals surface area (Å²) in [6.07, 6.45) is 1.10. The zero-order valence-electron chi connectivity index (χ0n) is 11.7. The first-order valence-corrected chi connectivity index (χ1v) is 7.61. The first kappa shape index (κ1) is 15.6. The number of aromatic nitrogens is 1. The van der Waals surface area contributed by atoms with Crippen LogP contribution in [-0.4, -0.2) is 27.6 Å². The van der Waals surface area contributed by atoms with Crippen molar-refractivity contribution in [1.82, 2.24) is 4.98 Å². The van der Waals surface area contributed by atoms with E-state index < -0.39 is 20.3 Å². The van der Waals surface area contributed by atoms with Crippen molar-refractivity contribution < 1.29 is 17.9 Å². The van der Waals surface area contributed by atoms with Crippen LogP contribution in [0.1, 0.15) is 11.1 Å². The largest absolute Gasteiger partial charge is 0.380 e. The van der Waals surface area contributed by atoms with Crippen molar-refractivity contribution in [3.8, 4) is 0 Å². The van der Waals surface area contributed by atoms with Crippen molar-refractivity contribution in [3.63, 3.8) is 0 Å². The Balaban J connectivity index is 2.76. The van der Waals surface area contributed by atoms with Crippen LogP contribution in [0.3, 0.4) is 0 Å². The van der Waals surface area contributed by atoms with Gasteiger partial charge in [-0.2, -0.15) is 0 Å². The van der Waals surface area contributed by atoms with Gasteiger partial charge in [0, 0.05) is 31.3 Å². The second kappa shape index (κ2) is 5.94. The van der Waals surface area contributed by atoms with Gasteiger partial charge in [0.25, 0.3) is 0 Å². The van der Waals surface area contributed by atoms with E-state index in [0.717, 1.165) is 17.3 Å². The van der Waals surface area contributed by atoms with E-state index in [1.54, 1.807) is 19.2 Å². The fourth-order valence-electron chi connectivity index (χ4n) is 2.13. The quantitative estimate of drug-likeness (QED) is 0.833. The van der Waals surface area contributed by atoms with Crippen LogP contribution < -0.4 is 10.6 Å². The van der Waals surface area contributed by atoms with Gasteiger partial charge in [-0.1, -0.05) is 0 Å². The summed E-state index contributed by atoms with van der Waals surface area (Å²) in [7, 11) is -0.974. The van der Waals surface area contributed by atoms with Crippen molar-refractivity contribution in [2.24, 2.45) is 5.14 Å². The Bertz CT molecular complexity index is 826. The van der Waals surface area contributed by atoms with E-state index >= 15 is 0 Å². The topological polar surface area (TPSA) is 111 Å². The molecule has 0 atom stereocenters. The molecule has 0 fully saturated rings. The molecule has 21 heavy (non-hydrogen) atoms. The molecule has 0 amide bonds. The van der Waals surface area contributed by atoms with Gasteiger partial charge >= 0.3 is 0 Å². The molecule has 0 spiro atoms. The molecule has 0 unspecified atom stereocenters. The van der Waals surface area contributed by atoms with E-state index in [1.807, 2.05) is 0 Å². The van der Waals surface area contributed by atoms with E-state index in [0.29, 0.717) is 12.1 Å². The van der Waals surface area contributed by atoms with Gasteiger partial charge < -0.3 is 14.5 Å². The molecule has 8 heteroatoms. The Morgan fingerprint density at radius 3 is 2.24 bits per heavy atom. The minimum absolute atomic E-state index is 0.244. The molecule has 0 saturated heterocycles. The Morgan fingerprint density at radius 2 is 1.71 bits per heavy atom. The fourth-order valence-corrected chi connectivity index (χ4v) is 2.72. The number of methoxy groups -OCH3 is 2. The molecule has 2 rings (SSSR count). The number of sulfonamides is 1. The molecule has 114 valence electrons. The first-order valence-electron chi connectivity index (χ1n) is 6.06. The highest BCUT2D eigenvalue weighted by molar-refractivity contribution is 7.89. The summed E-state index contributed by atoms with van der Waals surface area (Å²) in [5.41, 5.74) is 1.49. The Hall–Kier alpha value is -1.74. The van der Waals surface area contributed by atoms with Gasteiger partial charge in [-0.05, 0) is 23.3 Å². The van der Waals surface area contributed by atoms with Crippen LogP contribution in [0.25, 0.3) is 10.9 Å². The third kappa shape index (κ3) is 3.13. The zero-order valence-corrected chi connectivity index (χ0v) is 12.5. The Kier molecular flexibility index (Phi) is 4.43. The molecule has 7 nitrogen and oxygen atoms in total. The van der Waals surface area contributed by atoms with Gasteiger partial charge in [-0.3, -0.25) is 4.79 Å². The summed E-state index contributed by atoms with van der Waals surface area (Å²) in [5.74, 6) is 0. The number of pyridine rings is 1. The maximum absolute atomic E-state index is 12.2. The molecule has 2 aromatic rings. The van der Waals surface area contributed by atoms with Gasteiger partial charge in [0.1, 0.15) is 4.90 Å². The second-order valence-corrected chi connectivity index (χ2v) is 6.09. The van der Waals surface area contributed by atoms with Gasteiger partial charge in [-0.25, -0.2) is 13.6 Å². The highest BCUT2D eigenvalue weighted by Crippen LogP contribution is 2.19. The molecule has 0 aliphatic carbocycles. The van der Waals surface area contributed by atoms with Gasteiger partial charge in [0.15, 0.2) is 0 Å². The van der Waals surface area contributed by atoms with E-state index in [2.05, 4.69) is 4.98 Å². The monoisotopic (exact) mass is 312 g/mol. The number of primary sulfonamides is 1. The lowest BCUT2D eigenvalue weighted by molar-refractivity contribution is 0.168. The van der Waals surface area contributed by atoms with Crippen LogP contribution in [0.5, 0.6) is 0 Å². The van der Waals surface area contributed by atoms with Crippen molar-refractivity contribution in [3.05, 3.63) is 39.7 Å². The molecule has 1 aromatic carbocycles. The second-order valence-electron chi connectivity index (χ2n) is 4.56. The maximum atomic E-state index is 12.2. The molecule has 3 N–H and O–H groups in total. The molecule has 0 bridgehead atoms. The molecule has 0 radical (unpaired) electrons. The van der Waals surface area contributed by atoms with Crippen LogP contribution in [0.15, 0.2) is 28.0 Å². The van der Waals surface area contributed by atoms with Gasteiger partial charge in [0.05, 0.1) is 13.2 Å². The third-order valence-electron chi connectivity index (χ3n) is 3.07. The smallest absolute Gasteiger partial charge is 0.243 e. The first-order chi connectivity index (χ1) is 9.88. The molecule has 0 aliphatic rings. The van der Waals surface area contributed by atoms with E-state index in [-0.39, 0.29) is 12.0 Å². The van der Waals surface area contributed by atoms with Crippen LogP contribution in [-0.2, 0) is 32.7 Å². The van der Waals surface area contributed by atoms with Crippen LogP contribution in [0, 0.1) is 0 Å². The number of aromatic amines is 1. The Morgan fingerprint density at radius 1 is 1.14 bits per heavy atom. The number of nitrogens with two attached hydrogens (primary N) is 1. The van der Waals surface area contributed by atoms with Gasteiger partial charge in [0.2, 0.25) is 15.5 Å². The Labute approximate surface area is 121 Å². The number of benzene rings is 1. The number of nitrogens with one attached hydrogen (secondary N) is 1. The minimum Gasteiger partial charge on any atom is -0.380 e. The standard InChI is InChI=1S/C13H16N2O5S/c1-19-6-8-3-10-11(4-9(8)7-20-2)15-5-12(13(10)16)21(14,17)18/h3-5H,6-7H2,1-2H3,(H,15,16)(H2,14,17,18). The number of ether oxygens (including phenoxy) is 2. The normalized spacial score (nSPS) is 12.0. The van der Waals surface area contributed by atoms with E-state index in [1.165, 1.54) is 7.11 Å². The highest BCUT2D eigenvalue weighted by atomic mass is 32.2. The lowest BCUT2D eigenvalue weighted by Gasteiger charge is -2.10. The van der Waals surface area contributed by atoms with E-state index in [4.69, 9.17) is 14.6 Å². The lowest BCUT2D eigenvalue weighted by atomic mass is 10.0.